The van der Waals surface area contributed by atoms with Crippen molar-refractivity contribution in [1.29, 1.82) is 0 Å². The molecule has 3 aromatic rings. The van der Waals surface area contributed by atoms with Crippen molar-refractivity contribution in [1.82, 2.24) is 4.98 Å². The molecule has 2 aromatic carbocycles. The van der Waals surface area contributed by atoms with Gasteiger partial charge in [0.1, 0.15) is 11.6 Å². The van der Waals surface area contributed by atoms with Gasteiger partial charge in [-0.1, -0.05) is 36.4 Å². The van der Waals surface area contributed by atoms with Gasteiger partial charge in [0, 0.05) is 6.20 Å². The van der Waals surface area contributed by atoms with Crippen molar-refractivity contribution in [2.24, 2.45) is 0 Å². The Morgan fingerprint density at radius 2 is 1.80 bits per heavy atom. The minimum Gasteiger partial charge on any atom is -0.507 e. The van der Waals surface area contributed by atoms with Crippen LogP contribution in [0.2, 0.25) is 0 Å². The van der Waals surface area contributed by atoms with E-state index in [1.165, 1.54) is 6.07 Å². The molecule has 2 N–H and O–H groups in total. The number of nitrogens with one attached hydrogen (secondary N) is 1. The number of phenolic OH excluding ortho intramolecular Hbond substituents is 1. The third-order valence-electron chi connectivity index (χ3n) is 3.04. The number of fused-ring (bicyclic) bond motifs is 1. The molecule has 0 saturated carbocycles. The van der Waals surface area contributed by atoms with Crippen LogP contribution in [-0.4, -0.2) is 16.0 Å². The maximum absolute atomic E-state index is 12.3. The van der Waals surface area contributed by atoms with Gasteiger partial charge in [0.05, 0.1) is 5.56 Å². The molecule has 0 aliphatic rings. The number of aromatic nitrogens is 1. The Labute approximate surface area is 115 Å². The number of carbonyl (C=O) groups excluding carboxylic acids is 1. The Bertz CT molecular complexity index is 770. The van der Waals surface area contributed by atoms with Crippen molar-refractivity contribution in [3.8, 4) is 5.75 Å². The van der Waals surface area contributed by atoms with Crippen LogP contribution in [0, 0.1) is 0 Å². The van der Waals surface area contributed by atoms with E-state index in [4.69, 9.17) is 0 Å². The molecule has 0 spiro atoms. The number of nitrogens with zero attached hydrogens (tertiary/aromatic N) is 1. The first-order valence-electron chi connectivity index (χ1n) is 6.19. The second-order valence-corrected chi connectivity index (χ2v) is 4.35. The Morgan fingerprint density at radius 1 is 1.00 bits per heavy atom. The van der Waals surface area contributed by atoms with Crippen LogP contribution in [0.5, 0.6) is 5.75 Å². The number of phenols is 1. The smallest absolute Gasteiger partial charge is 0.261 e. The van der Waals surface area contributed by atoms with Crippen LogP contribution in [0.1, 0.15) is 10.4 Å². The van der Waals surface area contributed by atoms with Crippen LogP contribution in [-0.2, 0) is 0 Å². The number of hydrogen-bond acceptors (Lipinski definition) is 3. The standard InChI is InChI=1S/C16H12N2O2/c19-13-9-8-11-5-1-2-6-12(11)15(13)16(20)18-14-7-3-4-10-17-14/h1-10,19H,(H,17,18,20). The van der Waals surface area contributed by atoms with Crippen LogP contribution in [0.25, 0.3) is 10.8 Å². The molecule has 0 radical (unpaired) electrons. The molecule has 0 bridgehead atoms. The molecule has 3 rings (SSSR count). The normalized spacial score (nSPS) is 10.4. The summed E-state index contributed by atoms with van der Waals surface area (Å²) in [6, 6.07) is 16.0. The molecule has 0 aliphatic carbocycles. The van der Waals surface area contributed by atoms with Gasteiger partial charge >= 0.3 is 0 Å². The summed E-state index contributed by atoms with van der Waals surface area (Å²) in [5.74, 6) is 0.0277. The number of aromatic hydroxyl groups is 1. The van der Waals surface area contributed by atoms with Crippen LogP contribution in [0.15, 0.2) is 60.8 Å². The Kier molecular flexibility index (Phi) is 3.05. The summed E-state index contributed by atoms with van der Waals surface area (Å²) in [7, 11) is 0. The highest BCUT2D eigenvalue weighted by Crippen LogP contribution is 2.27. The SMILES string of the molecule is O=C(Nc1ccccn1)c1c(O)ccc2ccccc12. The van der Waals surface area contributed by atoms with Gasteiger partial charge in [-0.05, 0) is 29.0 Å². The summed E-state index contributed by atoms with van der Waals surface area (Å²) in [6.45, 7) is 0. The molecule has 0 fully saturated rings. The van der Waals surface area contributed by atoms with Gasteiger partial charge in [-0.15, -0.1) is 0 Å². The molecule has 0 saturated heterocycles. The van der Waals surface area contributed by atoms with Gasteiger partial charge in [-0.2, -0.15) is 0 Å². The van der Waals surface area contributed by atoms with Gasteiger partial charge in [0.15, 0.2) is 0 Å². The summed E-state index contributed by atoms with van der Waals surface area (Å²) in [5.41, 5.74) is 0.258. The maximum Gasteiger partial charge on any atom is 0.261 e. The molecular formula is C16H12N2O2. The molecule has 4 nitrogen and oxygen atoms in total. The topological polar surface area (TPSA) is 62.2 Å². The van der Waals surface area contributed by atoms with E-state index in [0.29, 0.717) is 11.2 Å². The highest BCUT2D eigenvalue weighted by molar-refractivity contribution is 6.14. The molecule has 1 amide bonds. The minimum absolute atomic E-state index is 0.0443. The molecular weight excluding hydrogens is 252 g/mol. The molecule has 0 atom stereocenters. The first-order valence-corrected chi connectivity index (χ1v) is 6.19. The first-order chi connectivity index (χ1) is 9.75. The highest BCUT2D eigenvalue weighted by atomic mass is 16.3. The van der Waals surface area contributed by atoms with E-state index in [1.54, 1.807) is 30.5 Å². The van der Waals surface area contributed by atoms with Crippen LogP contribution < -0.4 is 5.32 Å². The largest absolute Gasteiger partial charge is 0.507 e. The van der Waals surface area contributed by atoms with E-state index in [2.05, 4.69) is 10.3 Å². The number of carbonyl (C=O) groups is 1. The average Bonchev–Trinajstić information content (AvgIpc) is 2.48. The van der Waals surface area contributed by atoms with E-state index in [1.807, 2.05) is 24.3 Å². The minimum atomic E-state index is -0.377. The van der Waals surface area contributed by atoms with E-state index in [-0.39, 0.29) is 17.2 Å². The number of pyridine rings is 1. The summed E-state index contributed by atoms with van der Waals surface area (Å²) in [6.07, 6.45) is 1.60. The van der Waals surface area contributed by atoms with Gasteiger partial charge in [0.25, 0.3) is 5.91 Å². The molecule has 20 heavy (non-hydrogen) atoms. The number of rotatable bonds is 2. The fourth-order valence-corrected chi connectivity index (χ4v) is 2.11. The zero-order valence-electron chi connectivity index (χ0n) is 10.6. The maximum atomic E-state index is 12.3. The lowest BCUT2D eigenvalue weighted by Gasteiger charge is -2.09. The molecule has 0 aliphatic heterocycles. The Hall–Kier alpha value is -2.88. The van der Waals surface area contributed by atoms with E-state index in [0.717, 1.165) is 5.39 Å². The lowest BCUT2D eigenvalue weighted by atomic mass is 10.0. The molecule has 0 unspecified atom stereocenters. The van der Waals surface area contributed by atoms with E-state index < -0.39 is 0 Å². The second kappa shape index (κ2) is 5.01. The van der Waals surface area contributed by atoms with Crippen LogP contribution in [0.3, 0.4) is 0 Å². The lowest BCUT2D eigenvalue weighted by molar-refractivity contribution is 0.102. The monoisotopic (exact) mass is 264 g/mol. The fourth-order valence-electron chi connectivity index (χ4n) is 2.11. The summed E-state index contributed by atoms with van der Waals surface area (Å²) < 4.78 is 0. The van der Waals surface area contributed by atoms with Crippen molar-refractivity contribution in [2.45, 2.75) is 0 Å². The summed E-state index contributed by atoms with van der Waals surface area (Å²) in [5, 5.41) is 14.3. The predicted molar refractivity (Wildman–Crippen MR) is 77.8 cm³/mol. The fraction of sp³-hybridized carbons (Fsp3) is 0. The molecule has 4 heteroatoms. The average molecular weight is 264 g/mol. The number of anilines is 1. The van der Waals surface area contributed by atoms with Crippen LogP contribution >= 0.6 is 0 Å². The quantitative estimate of drug-likeness (QED) is 0.747. The van der Waals surface area contributed by atoms with E-state index in [9.17, 15) is 9.90 Å². The number of benzene rings is 2. The van der Waals surface area contributed by atoms with Crippen LogP contribution in [0.4, 0.5) is 5.82 Å². The van der Waals surface area contributed by atoms with Gasteiger partial charge in [-0.25, -0.2) is 4.98 Å². The molecule has 1 aromatic heterocycles. The predicted octanol–water partition coefficient (Wildman–Crippen LogP) is 3.19. The van der Waals surface area contributed by atoms with Gasteiger partial charge in [0.2, 0.25) is 0 Å². The Balaban J connectivity index is 2.05. The zero-order valence-corrected chi connectivity index (χ0v) is 10.6. The van der Waals surface area contributed by atoms with Crippen molar-refractivity contribution < 1.29 is 9.90 Å². The van der Waals surface area contributed by atoms with Crippen molar-refractivity contribution in [2.75, 3.05) is 5.32 Å². The van der Waals surface area contributed by atoms with Gasteiger partial charge < -0.3 is 10.4 Å². The van der Waals surface area contributed by atoms with Gasteiger partial charge in [-0.3, -0.25) is 4.79 Å². The van der Waals surface area contributed by atoms with Crippen molar-refractivity contribution in [3.63, 3.8) is 0 Å². The summed E-state index contributed by atoms with van der Waals surface area (Å²) in [4.78, 5) is 16.4. The third-order valence-corrected chi connectivity index (χ3v) is 3.04. The van der Waals surface area contributed by atoms with Crippen molar-refractivity contribution in [3.05, 3.63) is 66.4 Å². The Morgan fingerprint density at radius 3 is 2.60 bits per heavy atom. The molecule has 98 valence electrons. The highest BCUT2D eigenvalue weighted by Gasteiger charge is 2.15. The third kappa shape index (κ3) is 2.19. The molecule has 1 heterocycles. The number of hydrogen-bond donors (Lipinski definition) is 2. The summed E-state index contributed by atoms with van der Waals surface area (Å²) >= 11 is 0. The first kappa shape index (κ1) is 12.2. The number of amides is 1. The second-order valence-electron chi connectivity index (χ2n) is 4.35. The van der Waals surface area contributed by atoms with E-state index >= 15 is 0 Å². The lowest BCUT2D eigenvalue weighted by Crippen LogP contribution is -2.13. The zero-order chi connectivity index (χ0) is 13.9. The van der Waals surface area contributed by atoms with Crippen molar-refractivity contribution >= 4 is 22.5 Å².